The Morgan fingerprint density at radius 2 is 1.13 bits per heavy atom. The smallest absolute Gasteiger partial charge is 0.308 e. The van der Waals surface area contributed by atoms with Gasteiger partial charge in [-0.25, -0.2) is 0 Å². The monoisotopic (exact) mass is 564 g/mol. The summed E-state index contributed by atoms with van der Waals surface area (Å²) >= 11 is 0. The third kappa shape index (κ3) is 13.0. The molecule has 12 heteroatoms. The average Bonchev–Trinajstić information content (AvgIpc) is 2.79. The minimum atomic E-state index is -5.50. The number of hydrogen-bond donors (Lipinski definition) is 4. The predicted molar refractivity (Wildman–Crippen MR) is 140 cm³/mol. The topological polar surface area (TPSA) is 212 Å². The molecule has 0 rings (SSSR count). The van der Waals surface area contributed by atoms with Gasteiger partial charge < -0.3 is 25.8 Å². The largest absolute Gasteiger partial charge is 0.549 e. The summed E-state index contributed by atoms with van der Waals surface area (Å²) in [5.74, 6) is -10.1. The molecular weight excluding hydrogens is 518 g/mol. The van der Waals surface area contributed by atoms with E-state index in [9.17, 15) is 42.4 Å². The molecule has 0 heterocycles. The first kappa shape index (κ1) is 35.8. The first-order chi connectivity index (χ1) is 17.8. The predicted octanol–water partition coefficient (Wildman–Crippen LogP) is 3.29. The standard InChI is InChI=1S/C26H47NO10S/c1-2-3-4-5-6-7-8-9-10-11-12-13-14-15-16-17-18-26(25(33)34,20(24(31)32)19-21(28)29)22(23(27)30)38(35,36)37/h20,22H,2-19H2,1H3,(H2,27,30)(H,28,29)(H,31,32)(H,33,34)(H,35,36,37)/p-1. The van der Waals surface area contributed by atoms with Crippen molar-refractivity contribution in [3.05, 3.63) is 0 Å². The molecule has 3 atom stereocenters. The van der Waals surface area contributed by atoms with Crippen LogP contribution in [0.15, 0.2) is 0 Å². The van der Waals surface area contributed by atoms with E-state index < -0.39 is 63.4 Å². The van der Waals surface area contributed by atoms with Gasteiger partial charge in [-0.1, -0.05) is 110 Å². The molecule has 0 aromatic rings. The highest BCUT2D eigenvalue weighted by molar-refractivity contribution is 7.87. The number of aliphatic carboxylic acids is 3. The summed E-state index contributed by atoms with van der Waals surface area (Å²) in [4.78, 5) is 47.2. The molecule has 0 saturated heterocycles. The normalized spacial score (nSPS) is 14.9. The van der Waals surface area contributed by atoms with Crippen molar-refractivity contribution in [1.29, 1.82) is 0 Å². The SMILES string of the molecule is CCCCCCCCCCCCCCCCCCC(C(=O)[O-])(C(CC(=O)O)C(=O)O)C(C(N)=O)S(=O)(=O)O. The lowest BCUT2D eigenvalue weighted by Gasteiger charge is -2.42. The van der Waals surface area contributed by atoms with Crippen molar-refractivity contribution in [2.24, 2.45) is 17.1 Å². The van der Waals surface area contributed by atoms with Crippen LogP contribution < -0.4 is 10.8 Å². The van der Waals surface area contributed by atoms with E-state index in [0.717, 1.165) is 25.7 Å². The zero-order valence-corrected chi connectivity index (χ0v) is 23.4. The lowest BCUT2D eigenvalue weighted by Crippen LogP contribution is -2.62. The minimum absolute atomic E-state index is 0.0328. The number of rotatable bonds is 25. The number of unbranched alkanes of at least 4 members (excludes halogenated alkanes) is 15. The Labute approximate surface area is 226 Å². The van der Waals surface area contributed by atoms with Crippen LogP contribution in [-0.2, 0) is 29.3 Å². The van der Waals surface area contributed by atoms with Gasteiger partial charge in [-0.3, -0.25) is 18.9 Å². The second-order valence-corrected chi connectivity index (χ2v) is 11.7. The van der Waals surface area contributed by atoms with Crippen LogP contribution in [0.2, 0.25) is 0 Å². The minimum Gasteiger partial charge on any atom is -0.549 e. The van der Waals surface area contributed by atoms with E-state index in [4.69, 9.17) is 10.8 Å². The maximum absolute atomic E-state index is 12.2. The molecular formula is C26H46NO10S-. The van der Waals surface area contributed by atoms with Gasteiger partial charge in [-0.05, 0) is 6.42 Å². The molecule has 38 heavy (non-hydrogen) atoms. The van der Waals surface area contributed by atoms with Crippen LogP contribution in [0.1, 0.15) is 122 Å². The third-order valence-corrected chi connectivity index (χ3v) is 8.40. The molecule has 3 unspecified atom stereocenters. The maximum atomic E-state index is 12.2. The zero-order valence-electron chi connectivity index (χ0n) is 22.6. The molecule has 5 N–H and O–H groups in total. The molecule has 0 spiro atoms. The number of carboxylic acids is 3. The van der Waals surface area contributed by atoms with Crippen LogP contribution in [-0.4, -0.2) is 52.2 Å². The Morgan fingerprint density at radius 3 is 1.39 bits per heavy atom. The summed E-state index contributed by atoms with van der Waals surface area (Å²) in [6.07, 6.45) is 14.3. The first-order valence-electron chi connectivity index (χ1n) is 13.7. The number of nitrogens with two attached hydrogens (primary N) is 1. The van der Waals surface area contributed by atoms with E-state index in [1.54, 1.807) is 0 Å². The van der Waals surface area contributed by atoms with E-state index >= 15 is 0 Å². The van der Waals surface area contributed by atoms with E-state index in [1.165, 1.54) is 57.8 Å². The number of amides is 1. The molecule has 0 aliphatic rings. The van der Waals surface area contributed by atoms with E-state index in [0.29, 0.717) is 12.8 Å². The van der Waals surface area contributed by atoms with Crippen molar-refractivity contribution < 1.29 is 47.5 Å². The molecule has 0 aliphatic heterocycles. The third-order valence-electron chi connectivity index (χ3n) is 7.15. The highest BCUT2D eigenvalue weighted by Gasteiger charge is 2.57. The number of carbonyl (C=O) groups excluding carboxylic acids is 2. The Morgan fingerprint density at radius 1 is 0.763 bits per heavy atom. The Hall–Kier alpha value is -2.21. The molecule has 0 aromatic carbocycles. The van der Waals surface area contributed by atoms with Gasteiger partial charge >= 0.3 is 11.9 Å². The summed E-state index contributed by atoms with van der Waals surface area (Å²) in [5, 5.41) is 28.0. The van der Waals surface area contributed by atoms with Crippen LogP contribution in [0.5, 0.6) is 0 Å². The zero-order chi connectivity index (χ0) is 29.2. The Kier molecular flexibility index (Phi) is 17.8. The van der Waals surface area contributed by atoms with Crippen molar-refractivity contribution in [1.82, 2.24) is 0 Å². The van der Waals surface area contributed by atoms with Crippen molar-refractivity contribution in [2.75, 3.05) is 0 Å². The van der Waals surface area contributed by atoms with Gasteiger partial charge in [0, 0.05) is 0 Å². The highest BCUT2D eigenvalue weighted by atomic mass is 32.2. The van der Waals surface area contributed by atoms with E-state index in [2.05, 4.69) is 6.92 Å². The fraction of sp³-hybridized carbons (Fsp3) is 0.846. The fourth-order valence-electron chi connectivity index (χ4n) is 5.14. The van der Waals surface area contributed by atoms with Gasteiger partial charge in [0.25, 0.3) is 10.1 Å². The molecule has 11 nitrogen and oxygen atoms in total. The van der Waals surface area contributed by atoms with E-state index in [1.807, 2.05) is 0 Å². The van der Waals surface area contributed by atoms with Crippen LogP contribution >= 0.6 is 0 Å². The van der Waals surface area contributed by atoms with Crippen LogP contribution in [0, 0.1) is 11.3 Å². The molecule has 0 radical (unpaired) electrons. The van der Waals surface area contributed by atoms with Gasteiger partial charge in [0.2, 0.25) is 5.91 Å². The summed E-state index contributed by atoms with van der Waals surface area (Å²) in [5.41, 5.74) is 2.01. The average molecular weight is 565 g/mol. The van der Waals surface area contributed by atoms with Crippen molar-refractivity contribution >= 4 is 33.9 Å². The van der Waals surface area contributed by atoms with Crippen molar-refractivity contribution in [2.45, 2.75) is 128 Å². The maximum Gasteiger partial charge on any atom is 0.308 e. The van der Waals surface area contributed by atoms with Crippen molar-refractivity contribution in [3.8, 4) is 0 Å². The molecule has 0 fully saturated rings. The quantitative estimate of drug-likeness (QED) is 0.0937. The van der Waals surface area contributed by atoms with Gasteiger partial charge in [-0.2, -0.15) is 8.42 Å². The highest BCUT2D eigenvalue weighted by Crippen LogP contribution is 2.42. The molecule has 0 aliphatic carbocycles. The van der Waals surface area contributed by atoms with Gasteiger partial charge in [-0.15, -0.1) is 0 Å². The first-order valence-corrected chi connectivity index (χ1v) is 15.2. The Bertz CT molecular complexity index is 845. The van der Waals surface area contributed by atoms with Crippen LogP contribution in [0.3, 0.4) is 0 Å². The van der Waals surface area contributed by atoms with Crippen LogP contribution in [0.4, 0.5) is 0 Å². The lowest BCUT2D eigenvalue weighted by molar-refractivity contribution is -0.322. The van der Waals surface area contributed by atoms with E-state index in [-0.39, 0.29) is 6.42 Å². The molecule has 1 amide bonds. The number of primary amides is 1. The van der Waals surface area contributed by atoms with Gasteiger partial charge in [0.1, 0.15) is 0 Å². The summed E-state index contributed by atoms with van der Waals surface area (Å²) in [6, 6.07) is 0. The summed E-state index contributed by atoms with van der Waals surface area (Å²) in [7, 11) is -5.50. The number of carboxylic acid groups (broad SMARTS) is 3. The lowest BCUT2D eigenvalue weighted by atomic mass is 9.67. The van der Waals surface area contributed by atoms with Gasteiger partial charge in [0.05, 0.1) is 23.7 Å². The molecule has 0 saturated carbocycles. The Balaban J connectivity index is 4.84. The molecule has 222 valence electrons. The van der Waals surface area contributed by atoms with Crippen LogP contribution in [0.25, 0.3) is 0 Å². The van der Waals surface area contributed by atoms with Crippen molar-refractivity contribution in [3.63, 3.8) is 0 Å². The second kappa shape index (κ2) is 18.9. The fourth-order valence-corrected chi connectivity index (χ4v) is 6.34. The summed E-state index contributed by atoms with van der Waals surface area (Å²) in [6.45, 7) is 2.21. The molecule has 0 aromatic heterocycles. The number of carbonyl (C=O) groups is 4. The number of hydrogen-bond acceptors (Lipinski definition) is 7. The second-order valence-electron chi connectivity index (χ2n) is 10.2. The van der Waals surface area contributed by atoms with Gasteiger partial charge in [0.15, 0.2) is 5.25 Å². The summed E-state index contributed by atoms with van der Waals surface area (Å²) < 4.78 is 33.4. The molecule has 0 bridgehead atoms.